The summed E-state index contributed by atoms with van der Waals surface area (Å²) in [6.07, 6.45) is 0. The summed E-state index contributed by atoms with van der Waals surface area (Å²) in [5, 5.41) is 2.67. The predicted molar refractivity (Wildman–Crippen MR) is 109 cm³/mol. The van der Waals surface area contributed by atoms with Crippen LogP contribution in [-0.2, 0) is 11.3 Å². The molecule has 7 nitrogen and oxygen atoms in total. The number of carbonyl (C=O) groups excluding carboxylic acids is 1. The van der Waals surface area contributed by atoms with Crippen LogP contribution >= 0.6 is 11.3 Å². The zero-order valence-corrected chi connectivity index (χ0v) is 17.4. The number of ether oxygens (including phenoxy) is 5. The largest absolute Gasteiger partial charge is 0.497 e. The molecule has 0 aliphatic rings. The number of nitrogens with zero attached hydrogens (tertiary/aromatic N) is 1. The third-order valence-corrected chi connectivity index (χ3v) is 5.09. The van der Waals surface area contributed by atoms with E-state index in [4.69, 9.17) is 23.7 Å². The molecule has 3 rings (SSSR count). The van der Waals surface area contributed by atoms with Crippen LogP contribution in [0.2, 0.25) is 0 Å². The smallest absolute Gasteiger partial charge is 0.342 e. The molecule has 0 unspecified atom stereocenters. The first-order chi connectivity index (χ1) is 14.1. The summed E-state index contributed by atoms with van der Waals surface area (Å²) >= 11 is 1.47. The number of rotatable bonds is 8. The van der Waals surface area contributed by atoms with Gasteiger partial charge in [-0.05, 0) is 12.1 Å². The van der Waals surface area contributed by atoms with E-state index in [2.05, 4.69) is 4.98 Å². The van der Waals surface area contributed by atoms with Gasteiger partial charge in [0.05, 0.1) is 34.1 Å². The van der Waals surface area contributed by atoms with Gasteiger partial charge in [-0.25, -0.2) is 9.78 Å². The van der Waals surface area contributed by atoms with Crippen molar-refractivity contribution in [2.24, 2.45) is 0 Å². The van der Waals surface area contributed by atoms with Crippen LogP contribution in [0.1, 0.15) is 16.1 Å². The Morgan fingerprint density at radius 3 is 2.34 bits per heavy atom. The van der Waals surface area contributed by atoms with Gasteiger partial charge >= 0.3 is 5.97 Å². The Kier molecular flexibility index (Phi) is 6.56. The van der Waals surface area contributed by atoms with Gasteiger partial charge < -0.3 is 23.7 Å². The van der Waals surface area contributed by atoms with E-state index in [-0.39, 0.29) is 12.2 Å². The molecule has 8 heteroatoms. The Hall–Kier alpha value is -3.26. The lowest BCUT2D eigenvalue weighted by atomic mass is 10.1. The molecule has 0 spiro atoms. The molecule has 0 bridgehead atoms. The average molecular weight is 415 g/mol. The lowest BCUT2D eigenvalue weighted by molar-refractivity contribution is 0.0464. The molecule has 29 heavy (non-hydrogen) atoms. The second-order valence-electron chi connectivity index (χ2n) is 5.86. The van der Waals surface area contributed by atoms with Gasteiger partial charge in [0.25, 0.3) is 0 Å². The van der Waals surface area contributed by atoms with Gasteiger partial charge in [-0.3, -0.25) is 0 Å². The highest BCUT2D eigenvalue weighted by molar-refractivity contribution is 7.13. The average Bonchev–Trinajstić information content (AvgIpc) is 3.25. The number of hydrogen-bond donors (Lipinski definition) is 0. The van der Waals surface area contributed by atoms with Crippen molar-refractivity contribution in [1.29, 1.82) is 0 Å². The van der Waals surface area contributed by atoms with E-state index in [0.29, 0.717) is 22.9 Å². The molecule has 0 saturated heterocycles. The quantitative estimate of drug-likeness (QED) is 0.510. The van der Waals surface area contributed by atoms with Crippen LogP contribution in [0.4, 0.5) is 0 Å². The van der Waals surface area contributed by atoms with Crippen LogP contribution in [0, 0.1) is 0 Å². The number of aromatic nitrogens is 1. The fourth-order valence-corrected chi connectivity index (χ4v) is 3.47. The maximum atomic E-state index is 12.6. The second-order valence-corrected chi connectivity index (χ2v) is 6.72. The van der Waals surface area contributed by atoms with Gasteiger partial charge in [0.15, 0.2) is 11.5 Å². The first-order valence-electron chi connectivity index (χ1n) is 8.65. The first-order valence-corrected chi connectivity index (χ1v) is 9.53. The van der Waals surface area contributed by atoms with Crippen LogP contribution in [-0.4, -0.2) is 39.4 Å². The Bertz CT molecular complexity index is 1000. The van der Waals surface area contributed by atoms with Gasteiger partial charge in [-0.15, -0.1) is 11.3 Å². The van der Waals surface area contributed by atoms with Crippen LogP contribution < -0.4 is 18.9 Å². The van der Waals surface area contributed by atoms with Gasteiger partial charge in [0, 0.05) is 23.1 Å². The van der Waals surface area contributed by atoms with E-state index in [1.165, 1.54) is 38.7 Å². The lowest BCUT2D eigenvalue weighted by Crippen LogP contribution is -2.08. The minimum absolute atomic E-state index is 0.0385. The van der Waals surface area contributed by atoms with Gasteiger partial charge in [0.1, 0.15) is 28.7 Å². The summed E-state index contributed by atoms with van der Waals surface area (Å²) in [6.45, 7) is 0.0385. The molecule has 152 valence electrons. The maximum Gasteiger partial charge on any atom is 0.342 e. The van der Waals surface area contributed by atoms with E-state index in [0.717, 1.165) is 16.3 Å². The minimum atomic E-state index is -0.543. The van der Waals surface area contributed by atoms with Crippen molar-refractivity contribution in [3.05, 3.63) is 53.0 Å². The summed E-state index contributed by atoms with van der Waals surface area (Å²) in [5.74, 6) is 1.42. The van der Waals surface area contributed by atoms with E-state index in [9.17, 15) is 4.79 Å². The number of methoxy groups -OCH3 is 4. The molecule has 0 saturated carbocycles. The normalized spacial score (nSPS) is 10.3. The topological polar surface area (TPSA) is 76.1 Å². The van der Waals surface area contributed by atoms with Gasteiger partial charge in [-0.2, -0.15) is 0 Å². The molecule has 0 atom stereocenters. The Labute approximate surface area is 172 Å². The first kappa shape index (κ1) is 20.5. The second kappa shape index (κ2) is 9.29. The van der Waals surface area contributed by atoms with Crippen molar-refractivity contribution in [3.63, 3.8) is 0 Å². The van der Waals surface area contributed by atoms with Crippen molar-refractivity contribution in [2.75, 3.05) is 28.4 Å². The fraction of sp³-hybridized carbons (Fsp3) is 0.238. The molecule has 2 aromatic carbocycles. The highest BCUT2D eigenvalue weighted by Crippen LogP contribution is 2.35. The lowest BCUT2D eigenvalue weighted by Gasteiger charge is -2.13. The summed E-state index contributed by atoms with van der Waals surface area (Å²) < 4.78 is 26.4. The zero-order chi connectivity index (χ0) is 20.8. The summed E-state index contributed by atoms with van der Waals surface area (Å²) in [5.41, 5.74) is 1.84. The Morgan fingerprint density at radius 2 is 1.66 bits per heavy atom. The molecule has 0 aliphatic heterocycles. The molecule has 0 aliphatic carbocycles. The third-order valence-electron chi connectivity index (χ3n) is 4.15. The van der Waals surface area contributed by atoms with Crippen LogP contribution in [0.15, 0.2) is 41.8 Å². The number of thiazole rings is 1. The molecule has 0 N–H and O–H groups in total. The molecule has 1 aromatic heterocycles. The maximum absolute atomic E-state index is 12.6. The van der Waals surface area contributed by atoms with E-state index in [1.54, 1.807) is 13.2 Å². The predicted octanol–water partition coefficient (Wildman–Crippen LogP) is 4.20. The molecule has 0 fully saturated rings. The van der Waals surface area contributed by atoms with E-state index in [1.807, 2.05) is 29.6 Å². The van der Waals surface area contributed by atoms with Crippen LogP contribution in [0.5, 0.6) is 23.0 Å². The fourth-order valence-electron chi connectivity index (χ4n) is 2.67. The van der Waals surface area contributed by atoms with Crippen molar-refractivity contribution in [2.45, 2.75) is 6.61 Å². The third kappa shape index (κ3) is 4.60. The van der Waals surface area contributed by atoms with Crippen molar-refractivity contribution in [1.82, 2.24) is 4.98 Å². The Morgan fingerprint density at radius 1 is 0.931 bits per heavy atom. The van der Waals surface area contributed by atoms with Crippen molar-refractivity contribution < 1.29 is 28.5 Å². The summed E-state index contributed by atoms with van der Waals surface area (Å²) in [6, 6.07) is 10.7. The number of carbonyl (C=O) groups is 1. The molecule has 1 heterocycles. The van der Waals surface area contributed by atoms with Crippen molar-refractivity contribution >= 4 is 17.3 Å². The monoisotopic (exact) mass is 415 g/mol. The molecule has 3 aromatic rings. The van der Waals surface area contributed by atoms with E-state index < -0.39 is 5.97 Å². The van der Waals surface area contributed by atoms with Gasteiger partial charge in [0.2, 0.25) is 0 Å². The highest BCUT2D eigenvalue weighted by atomic mass is 32.1. The van der Waals surface area contributed by atoms with Crippen LogP contribution in [0.3, 0.4) is 0 Å². The van der Waals surface area contributed by atoms with Crippen molar-refractivity contribution in [3.8, 4) is 33.6 Å². The van der Waals surface area contributed by atoms with Gasteiger partial charge in [-0.1, -0.05) is 12.1 Å². The SMILES string of the molecule is COc1cccc(-c2nc(COC(=O)c3cc(OC)c(OC)cc3OC)cs2)c1. The molecular formula is C21H21NO6S. The number of benzene rings is 2. The summed E-state index contributed by atoms with van der Waals surface area (Å²) in [4.78, 5) is 17.1. The number of esters is 1. The minimum Gasteiger partial charge on any atom is -0.497 e. The zero-order valence-electron chi connectivity index (χ0n) is 16.6. The standard InChI is InChI=1S/C21H21NO6S/c1-24-15-7-5-6-13(8-15)20-22-14(12-29-20)11-28-21(23)16-9-18(26-3)19(27-4)10-17(16)25-2/h5-10,12H,11H2,1-4H3. The summed E-state index contributed by atoms with van der Waals surface area (Å²) in [7, 11) is 6.10. The van der Waals surface area contributed by atoms with Crippen LogP contribution in [0.25, 0.3) is 10.6 Å². The molecule has 0 radical (unpaired) electrons. The Balaban J connectivity index is 1.74. The molecule has 0 amide bonds. The highest BCUT2D eigenvalue weighted by Gasteiger charge is 2.19. The number of hydrogen-bond acceptors (Lipinski definition) is 8. The molecular weight excluding hydrogens is 394 g/mol. The van der Waals surface area contributed by atoms with E-state index >= 15 is 0 Å².